The normalized spacial score (nSPS) is 15.8. The predicted molar refractivity (Wildman–Crippen MR) is 111 cm³/mol. The first-order chi connectivity index (χ1) is 15.4. The number of anilines is 1. The quantitative estimate of drug-likeness (QED) is 0.426. The van der Waals surface area contributed by atoms with E-state index in [0.717, 1.165) is 5.56 Å². The maximum Gasteiger partial charge on any atom is 0.414 e. The minimum Gasteiger partial charge on any atom is -0.442 e. The van der Waals surface area contributed by atoms with Crippen LogP contribution >= 0.6 is 0 Å². The van der Waals surface area contributed by atoms with Gasteiger partial charge >= 0.3 is 12.5 Å². The molecule has 1 aliphatic heterocycles. The van der Waals surface area contributed by atoms with Crippen LogP contribution in [0.4, 0.5) is 28.0 Å². The monoisotopic (exact) mass is 453 g/mol. The SMILES string of the molecule is O=C(NCC1CN(c2ccc(-c3ccc(CNCCCF)cc3)c(F)c2)C(=O)O1)C(F)F. The highest BCUT2D eigenvalue weighted by molar-refractivity contribution is 5.90. The van der Waals surface area contributed by atoms with Crippen LogP contribution in [0.1, 0.15) is 12.0 Å². The number of benzene rings is 2. The third-order valence-corrected chi connectivity index (χ3v) is 4.92. The van der Waals surface area contributed by atoms with Crippen molar-refractivity contribution in [2.45, 2.75) is 25.5 Å². The van der Waals surface area contributed by atoms with Gasteiger partial charge in [-0.3, -0.25) is 14.1 Å². The van der Waals surface area contributed by atoms with Gasteiger partial charge in [0.05, 0.1) is 25.5 Å². The molecule has 1 atom stereocenters. The Kier molecular flexibility index (Phi) is 8.04. The number of cyclic esters (lactones) is 1. The molecule has 0 saturated carbocycles. The number of carbonyl (C=O) groups is 2. The van der Waals surface area contributed by atoms with E-state index in [1.54, 1.807) is 24.3 Å². The van der Waals surface area contributed by atoms with E-state index in [9.17, 15) is 27.2 Å². The molecule has 32 heavy (non-hydrogen) atoms. The van der Waals surface area contributed by atoms with Crippen LogP contribution in [0.25, 0.3) is 11.1 Å². The molecule has 0 aromatic heterocycles. The summed E-state index contributed by atoms with van der Waals surface area (Å²) in [6.45, 7) is 0.517. The largest absolute Gasteiger partial charge is 0.442 e. The number of alkyl halides is 3. The molecule has 1 aliphatic rings. The van der Waals surface area contributed by atoms with E-state index in [-0.39, 0.29) is 25.5 Å². The summed E-state index contributed by atoms with van der Waals surface area (Å²) in [5.74, 6) is -1.99. The molecule has 0 aliphatic carbocycles. The van der Waals surface area contributed by atoms with Crippen LogP contribution in [0, 0.1) is 5.82 Å². The van der Waals surface area contributed by atoms with E-state index in [0.29, 0.717) is 30.6 Å². The first kappa shape index (κ1) is 23.5. The number of carbonyl (C=O) groups excluding carboxylic acids is 2. The lowest BCUT2D eigenvalue weighted by atomic mass is 10.0. The highest BCUT2D eigenvalue weighted by atomic mass is 19.3. The number of hydrogen-bond acceptors (Lipinski definition) is 4. The third-order valence-electron chi connectivity index (χ3n) is 4.92. The molecule has 2 amide bonds. The number of rotatable bonds is 10. The van der Waals surface area contributed by atoms with Crippen LogP contribution in [0.2, 0.25) is 0 Å². The van der Waals surface area contributed by atoms with E-state index in [2.05, 4.69) is 5.32 Å². The molecule has 2 N–H and O–H groups in total. The molecular weight excluding hydrogens is 430 g/mol. The summed E-state index contributed by atoms with van der Waals surface area (Å²) >= 11 is 0. The molecule has 1 unspecified atom stereocenters. The van der Waals surface area contributed by atoms with Gasteiger partial charge in [-0.1, -0.05) is 24.3 Å². The van der Waals surface area contributed by atoms with E-state index >= 15 is 0 Å². The summed E-state index contributed by atoms with van der Waals surface area (Å²) in [4.78, 5) is 24.2. The lowest BCUT2D eigenvalue weighted by molar-refractivity contribution is -0.132. The molecule has 172 valence electrons. The fraction of sp³-hybridized carbons (Fsp3) is 0.364. The Hall–Kier alpha value is -3.14. The predicted octanol–water partition coefficient (Wildman–Crippen LogP) is 3.65. The number of halogens is 4. The molecule has 10 heteroatoms. The van der Waals surface area contributed by atoms with Gasteiger partial charge in [-0.25, -0.2) is 9.18 Å². The zero-order valence-electron chi connectivity index (χ0n) is 17.1. The molecule has 1 fully saturated rings. The number of nitrogens with one attached hydrogen (secondary N) is 2. The van der Waals surface area contributed by atoms with Crippen molar-refractivity contribution in [1.82, 2.24) is 10.6 Å². The molecule has 0 radical (unpaired) electrons. The molecule has 1 heterocycles. The first-order valence-corrected chi connectivity index (χ1v) is 10.1. The van der Waals surface area contributed by atoms with Crippen LogP contribution in [-0.4, -0.2) is 50.8 Å². The maximum atomic E-state index is 14.8. The van der Waals surface area contributed by atoms with Gasteiger partial charge in [0.15, 0.2) is 0 Å². The number of hydrogen-bond donors (Lipinski definition) is 2. The standard InChI is InChI=1S/C22H23F4N3O3/c23-8-1-9-27-11-14-2-4-15(5-3-14)18-7-6-16(10-19(18)24)29-13-17(32-22(29)31)12-28-21(30)20(25)26/h2-7,10,17,20,27H,1,8-9,11-13H2,(H,28,30). The molecule has 1 saturated heterocycles. The van der Waals surface area contributed by atoms with Crippen LogP contribution in [0.3, 0.4) is 0 Å². The minimum atomic E-state index is -3.16. The van der Waals surface area contributed by atoms with Crippen molar-refractivity contribution in [2.24, 2.45) is 0 Å². The maximum absolute atomic E-state index is 14.8. The summed E-state index contributed by atoms with van der Waals surface area (Å²) < 4.78 is 56.5. The Morgan fingerprint density at radius 3 is 2.59 bits per heavy atom. The van der Waals surface area contributed by atoms with E-state index < -0.39 is 30.3 Å². The zero-order valence-corrected chi connectivity index (χ0v) is 17.1. The van der Waals surface area contributed by atoms with Gasteiger partial charge in [0, 0.05) is 12.1 Å². The van der Waals surface area contributed by atoms with Gasteiger partial charge in [0.1, 0.15) is 11.9 Å². The van der Waals surface area contributed by atoms with Gasteiger partial charge in [-0.05, 0) is 42.3 Å². The second kappa shape index (κ2) is 10.9. The third kappa shape index (κ3) is 5.97. The van der Waals surface area contributed by atoms with Crippen molar-refractivity contribution >= 4 is 17.7 Å². The van der Waals surface area contributed by atoms with Crippen molar-refractivity contribution in [1.29, 1.82) is 0 Å². The van der Waals surface area contributed by atoms with Gasteiger partial charge in [0.25, 0.3) is 5.91 Å². The Bertz CT molecular complexity index is 941. The first-order valence-electron chi connectivity index (χ1n) is 10.1. The second-order valence-electron chi connectivity index (χ2n) is 7.24. The lowest BCUT2D eigenvalue weighted by Gasteiger charge is -2.15. The smallest absolute Gasteiger partial charge is 0.414 e. The van der Waals surface area contributed by atoms with E-state index in [4.69, 9.17) is 4.74 Å². The van der Waals surface area contributed by atoms with E-state index in [1.807, 2.05) is 17.4 Å². The molecule has 3 rings (SSSR count). The average Bonchev–Trinajstić information content (AvgIpc) is 3.16. The number of nitrogens with zero attached hydrogens (tertiary/aromatic N) is 1. The van der Waals surface area contributed by atoms with Crippen LogP contribution in [-0.2, 0) is 16.1 Å². The highest BCUT2D eigenvalue weighted by Crippen LogP contribution is 2.29. The molecule has 6 nitrogen and oxygen atoms in total. The Balaban J connectivity index is 1.62. The zero-order chi connectivity index (χ0) is 23.1. The number of amides is 2. The summed E-state index contributed by atoms with van der Waals surface area (Å²) in [6, 6.07) is 11.5. The van der Waals surface area contributed by atoms with Crippen molar-refractivity contribution < 1.29 is 31.9 Å². The molecule has 0 spiro atoms. The fourth-order valence-electron chi connectivity index (χ4n) is 3.26. The average molecular weight is 453 g/mol. The minimum absolute atomic E-state index is 0.00869. The van der Waals surface area contributed by atoms with E-state index in [1.165, 1.54) is 11.0 Å². The summed E-state index contributed by atoms with van der Waals surface area (Å²) in [5, 5.41) is 5.11. The Morgan fingerprint density at radius 2 is 1.94 bits per heavy atom. The summed E-state index contributed by atoms with van der Waals surface area (Å²) in [5.41, 5.74) is 2.24. The lowest BCUT2D eigenvalue weighted by Crippen LogP contribution is -2.37. The van der Waals surface area contributed by atoms with Gasteiger partial charge in [-0.2, -0.15) is 8.78 Å². The molecule has 2 aromatic rings. The highest BCUT2D eigenvalue weighted by Gasteiger charge is 2.33. The van der Waals surface area contributed by atoms with Crippen molar-refractivity contribution in [3.8, 4) is 11.1 Å². The fourth-order valence-corrected chi connectivity index (χ4v) is 3.26. The summed E-state index contributed by atoms with van der Waals surface area (Å²) in [7, 11) is 0. The Labute approximate surface area is 182 Å². The summed E-state index contributed by atoms with van der Waals surface area (Å²) in [6.07, 6.45) is -4.28. The van der Waals surface area contributed by atoms with Crippen molar-refractivity contribution in [3.05, 3.63) is 53.8 Å². The van der Waals surface area contributed by atoms with Crippen molar-refractivity contribution in [2.75, 3.05) is 31.2 Å². The molecule has 0 bridgehead atoms. The topological polar surface area (TPSA) is 70.7 Å². The Morgan fingerprint density at radius 1 is 1.19 bits per heavy atom. The van der Waals surface area contributed by atoms with Crippen LogP contribution in [0.5, 0.6) is 0 Å². The molecule has 2 aromatic carbocycles. The number of ether oxygens (including phenoxy) is 1. The van der Waals surface area contributed by atoms with Gasteiger partial charge in [-0.15, -0.1) is 0 Å². The van der Waals surface area contributed by atoms with Crippen molar-refractivity contribution in [3.63, 3.8) is 0 Å². The second-order valence-corrected chi connectivity index (χ2v) is 7.24. The van der Waals surface area contributed by atoms with Crippen LogP contribution < -0.4 is 15.5 Å². The molecular formula is C22H23F4N3O3. The van der Waals surface area contributed by atoms with Gasteiger partial charge in [0.2, 0.25) is 0 Å². The van der Waals surface area contributed by atoms with Gasteiger partial charge < -0.3 is 15.4 Å². The van der Waals surface area contributed by atoms with Crippen LogP contribution in [0.15, 0.2) is 42.5 Å².